The maximum Gasteiger partial charge on any atom is 0.419 e. The standard InChI is InChI=1S/C11H8ClF3N2O/c12-9-2-1-3-10(8(9)6-18)17-5-7(4-16-17)11(13,14)15/h1-5,18H,6H2. The van der Waals surface area contributed by atoms with Crippen molar-refractivity contribution in [1.82, 2.24) is 9.78 Å². The summed E-state index contributed by atoms with van der Waals surface area (Å²) in [7, 11) is 0. The number of aliphatic hydroxyl groups excluding tert-OH is 1. The van der Waals surface area contributed by atoms with Crippen molar-refractivity contribution >= 4 is 11.6 Å². The van der Waals surface area contributed by atoms with Crippen LogP contribution in [0.2, 0.25) is 5.02 Å². The highest BCUT2D eigenvalue weighted by Crippen LogP contribution is 2.30. The van der Waals surface area contributed by atoms with Gasteiger partial charge < -0.3 is 5.11 Å². The molecule has 0 unspecified atom stereocenters. The summed E-state index contributed by atoms with van der Waals surface area (Å²) in [6, 6.07) is 4.65. The minimum Gasteiger partial charge on any atom is -0.392 e. The number of aromatic nitrogens is 2. The van der Waals surface area contributed by atoms with Gasteiger partial charge >= 0.3 is 6.18 Å². The number of benzene rings is 1. The second-order valence-corrected chi connectivity index (χ2v) is 3.97. The zero-order valence-corrected chi connectivity index (χ0v) is 9.70. The van der Waals surface area contributed by atoms with E-state index in [0.717, 1.165) is 17.1 Å². The fourth-order valence-corrected chi connectivity index (χ4v) is 1.75. The Kier molecular flexibility index (Phi) is 3.32. The van der Waals surface area contributed by atoms with Crippen LogP contribution in [0.4, 0.5) is 13.2 Å². The largest absolute Gasteiger partial charge is 0.419 e. The summed E-state index contributed by atoms with van der Waals surface area (Å²) in [5.41, 5.74) is -0.206. The average Bonchev–Trinajstić information content (AvgIpc) is 2.77. The number of halogens is 4. The molecule has 1 aromatic heterocycles. The molecule has 0 bridgehead atoms. The normalized spacial score (nSPS) is 11.8. The molecular formula is C11H8ClF3N2O. The third-order valence-corrected chi connectivity index (χ3v) is 2.76. The van der Waals surface area contributed by atoms with Crippen LogP contribution in [0, 0.1) is 0 Å². The van der Waals surface area contributed by atoms with Crippen molar-refractivity contribution in [2.45, 2.75) is 12.8 Å². The number of hydrogen-bond acceptors (Lipinski definition) is 2. The molecule has 0 aliphatic rings. The monoisotopic (exact) mass is 276 g/mol. The van der Waals surface area contributed by atoms with Crippen LogP contribution in [0.3, 0.4) is 0 Å². The zero-order valence-electron chi connectivity index (χ0n) is 8.95. The molecule has 1 aromatic carbocycles. The summed E-state index contributed by atoms with van der Waals surface area (Å²) >= 11 is 5.85. The van der Waals surface area contributed by atoms with Gasteiger partial charge in [-0.25, -0.2) is 4.68 Å². The van der Waals surface area contributed by atoms with Gasteiger partial charge in [0.1, 0.15) is 0 Å². The van der Waals surface area contributed by atoms with Crippen molar-refractivity contribution in [2.24, 2.45) is 0 Å². The Morgan fingerprint density at radius 2 is 2.06 bits per heavy atom. The molecule has 2 rings (SSSR count). The van der Waals surface area contributed by atoms with Crippen molar-refractivity contribution in [3.8, 4) is 5.69 Å². The molecule has 0 atom stereocenters. The van der Waals surface area contributed by atoms with Crippen LogP contribution in [0.15, 0.2) is 30.6 Å². The molecule has 3 nitrogen and oxygen atoms in total. The van der Waals surface area contributed by atoms with Crippen LogP contribution >= 0.6 is 11.6 Å². The highest BCUT2D eigenvalue weighted by atomic mass is 35.5. The molecule has 18 heavy (non-hydrogen) atoms. The Labute approximate surface area is 105 Å². The van der Waals surface area contributed by atoms with E-state index in [1.165, 1.54) is 6.07 Å². The molecule has 96 valence electrons. The molecule has 0 saturated carbocycles. The Hall–Kier alpha value is -1.53. The average molecular weight is 277 g/mol. The molecule has 0 aliphatic heterocycles. The minimum absolute atomic E-state index is 0.277. The molecule has 7 heteroatoms. The van der Waals surface area contributed by atoms with E-state index in [4.69, 9.17) is 11.6 Å². The van der Waals surface area contributed by atoms with Crippen LogP contribution in [0.25, 0.3) is 5.69 Å². The molecule has 1 N–H and O–H groups in total. The first-order chi connectivity index (χ1) is 8.43. The van der Waals surface area contributed by atoms with Gasteiger partial charge in [0.2, 0.25) is 0 Å². The SMILES string of the molecule is OCc1c(Cl)cccc1-n1cc(C(F)(F)F)cn1. The third-order valence-electron chi connectivity index (χ3n) is 2.41. The van der Waals surface area contributed by atoms with E-state index in [2.05, 4.69) is 5.10 Å². The lowest BCUT2D eigenvalue weighted by Gasteiger charge is -2.09. The number of rotatable bonds is 2. The Balaban J connectivity index is 2.50. The predicted molar refractivity (Wildman–Crippen MR) is 59.5 cm³/mol. The van der Waals surface area contributed by atoms with Gasteiger partial charge in [0, 0.05) is 16.8 Å². The molecule has 0 spiro atoms. The van der Waals surface area contributed by atoms with E-state index < -0.39 is 11.7 Å². The van der Waals surface area contributed by atoms with E-state index in [1.54, 1.807) is 12.1 Å². The second kappa shape index (κ2) is 4.62. The third kappa shape index (κ3) is 2.34. The summed E-state index contributed by atoms with van der Waals surface area (Å²) < 4.78 is 38.4. The highest BCUT2D eigenvalue weighted by molar-refractivity contribution is 6.31. The first kappa shape index (κ1) is 12.9. The van der Waals surface area contributed by atoms with Crippen LogP contribution in [-0.2, 0) is 12.8 Å². The van der Waals surface area contributed by atoms with Gasteiger partial charge in [-0.15, -0.1) is 0 Å². The summed E-state index contributed by atoms with van der Waals surface area (Å²) in [4.78, 5) is 0. The number of alkyl halides is 3. The van der Waals surface area contributed by atoms with Gasteiger partial charge in [-0.3, -0.25) is 0 Å². The second-order valence-electron chi connectivity index (χ2n) is 3.57. The predicted octanol–water partition coefficient (Wildman–Crippen LogP) is 3.04. The maximum absolute atomic E-state index is 12.4. The van der Waals surface area contributed by atoms with Crippen molar-refractivity contribution in [3.63, 3.8) is 0 Å². The van der Waals surface area contributed by atoms with E-state index in [1.807, 2.05) is 0 Å². The zero-order chi connectivity index (χ0) is 13.3. The fourth-order valence-electron chi connectivity index (χ4n) is 1.52. The maximum atomic E-state index is 12.4. The van der Waals surface area contributed by atoms with Crippen molar-refractivity contribution in [3.05, 3.63) is 46.7 Å². The Morgan fingerprint density at radius 1 is 1.33 bits per heavy atom. The Bertz CT molecular complexity index is 566. The van der Waals surface area contributed by atoms with E-state index in [0.29, 0.717) is 11.3 Å². The van der Waals surface area contributed by atoms with E-state index >= 15 is 0 Å². The molecule has 0 aliphatic carbocycles. The van der Waals surface area contributed by atoms with Crippen molar-refractivity contribution < 1.29 is 18.3 Å². The van der Waals surface area contributed by atoms with Gasteiger partial charge in [0.25, 0.3) is 0 Å². The minimum atomic E-state index is -4.45. The van der Waals surface area contributed by atoms with Gasteiger partial charge in [0.05, 0.1) is 24.1 Å². The quantitative estimate of drug-likeness (QED) is 0.915. The first-order valence-electron chi connectivity index (χ1n) is 4.94. The van der Waals surface area contributed by atoms with Crippen LogP contribution < -0.4 is 0 Å². The highest BCUT2D eigenvalue weighted by Gasteiger charge is 2.32. The fraction of sp³-hybridized carbons (Fsp3) is 0.182. The summed E-state index contributed by atoms with van der Waals surface area (Å²) in [6.07, 6.45) is -2.87. The topological polar surface area (TPSA) is 38.0 Å². The lowest BCUT2D eigenvalue weighted by atomic mass is 10.2. The van der Waals surface area contributed by atoms with Gasteiger partial charge in [-0.05, 0) is 12.1 Å². The summed E-state index contributed by atoms with van der Waals surface area (Å²) in [6.45, 7) is -0.379. The molecule has 0 radical (unpaired) electrons. The van der Waals surface area contributed by atoms with E-state index in [-0.39, 0.29) is 11.6 Å². The lowest BCUT2D eigenvalue weighted by Crippen LogP contribution is -2.04. The summed E-state index contributed by atoms with van der Waals surface area (Å²) in [5, 5.41) is 13.1. The molecule has 2 aromatic rings. The van der Waals surface area contributed by atoms with Crippen molar-refractivity contribution in [2.75, 3.05) is 0 Å². The van der Waals surface area contributed by atoms with Gasteiger partial charge in [-0.2, -0.15) is 18.3 Å². The van der Waals surface area contributed by atoms with Gasteiger partial charge in [-0.1, -0.05) is 17.7 Å². The number of hydrogen-bond donors (Lipinski definition) is 1. The van der Waals surface area contributed by atoms with Crippen LogP contribution in [0.1, 0.15) is 11.1 Å². The molecule has 0 amide bonds. The van der Waals surface area contributed by atoms with E-state index in [9.17, 15) is 18.3 Å². The number of aliphatic hydroxyl groups is 1. The molecule has 1 heterocycles. The summed E-state index contributed by atoms with van der Waals surface area (Å²) in [5.74, 6) is 0. The Morgan fingerprint density at radius 3 is 2.61 bits per heavy atom. The first-order valence-corrected chi connectivity index (χ1v) is 5.32. The van der Waals surface area contributed by atoms with Crippen LogP contribution in [0.5, 0.6) is 0 Å². The molecule has 0 fully saturated rings. The molecule has 0 saturated heterocycles. The van der Waals surface area contributed by atoms with Gasteiger partial charge in [0.15, 0.2) is 0 Å². The van der Waals surface area contributed by atoms with Crippen molar-refractivity contribution in [1.29, 1.82) is 0 Å². The number of nitrogens with zero attached hydrogens (tertiary/aromatic N) is 2. The lowest BCUT2D eigenvalue weighted by molar-refractivity contribution is -0.137. The van der Waals surface area contributed by atoms with Crippen LogP contribution in [-0.4, -0.2) is 14.9 Å². The smallest absolute Gasteiger partial charge is 0.392 e. The molecular weight excluding hydrogens is 269 g/mol.